The fourth-order valence-corrected chi connectivity index (χ4v) is 1.88. The van der Waals surface area contributed by atoms with Crippen LogP contribution in [0.15, 0.2) is 0 Å². The molecule has 0 aromatic carbocycles. The van der Waals surface area contributed by atoms with Crippen LogP contribution in [0.25, 0.3) is 0 Å². The molecule has 0 aliphatic heterocycles. The Morgan fingerprint density at radius 2 is 1.63 bits per heavy atom. The summed E-state index contributed by atoms with van der Waals surface area (Å²) in [5.41, 5.74) is 14.7. The summed E-state index contributed by atoms with van der Waals surface area (Å²) in [6.07, 6.45) is -0.167. The molecule has 0 bridgehead atoms. The number of urea groups is 1. The number of hydrazine groups is 1. The molecule has 11 N–H and O–H groups in total. The second-order valence-electron chi connectivity index (χ2n) is 5.78. The van der Waals surface area contributed by atoms with Crippen LogP contribution in [-0.4, -0.2) is 76.5 Å². The molecule has 0 spiro atoms. The number of aliphatic hydroxyl groups excluding tert-OH is 2. The van der Waals surface area contributed by atoms with Gasteiger partial charge in [-0.3, -0.25) is 20.4 Å². The molecule has 0 aliphatic rings. The SMILES string of the molecule is CC(O)C(NC(=O)NC(CCCCN)C(=O)NNC(=O)C(N)CO)C(=O)O. The second kappa shape index (κ2) is 12.8. The van der Waals surface area contributed by atoms with Crippen LogP contribution in [0.5, 0.6) is 0 Å². The van der Waals surface area contributed by atoms with Crippen LogP contribution in [0.2, 0.25) is 0 Å². The highest BCUT2D eigenvalue weighted by molar-refractivity contribution is 5.90. The third-order valence-electron chi connectivity index (χ3n) is 3.45. The van der Waals surface area contributed by atoms with Gasteiger partial charge in [-0.25, -0.2) is 9.59 Å². The van der Waals surface area contributed by atoms with Gasteiger partial charge >= 0.3 is 12.0 Å². The number of hydrogen-bond acceptors (Lipinski definition) is 8. The molecule has 156 valence electrons. The number of aliphatic carboxylic acids is 1. The quantitative estimate of drug-likeness (QED) is 0.123. The predicted octanol–water partition coefficient (Wildman–Crippen LogP) is -3.92. The van der Waals surface area contributed by atoms with Crippen LogP contribution >= 0.6 is 0 Å². The summed E-state index contributed by atoms with van der Waals surface area (Å²) in [5.74, 6) is -3.07. The van der Waals surface area contributed by atoms with E-state index in [0.717, 1.165) is 0 Å². The van der Waals surface area contributed by atoms with Gasteiger partial charge in [0.2, 0.25) is 0 Å². The zero-order valence-corrected chi connectivity index (χ0v) is 15.0. The lowest BCUT2D eigenvalue weighted by molar-refractivity contribution is -0.141. The van der Waals surface area contributed by atoms with Crippen molar-refractivity contribution in [3.63, 3.8) is 0 Å². The average Bonchev–Trinajstić information content (AvgIpc) is 2.61. The van der Waals surface area contributed by atoms with Crippen molar-refractivity contribution in [2.45, 2.75) is 50.4 Å². The molecular formula is C14H28N6O7. The summed E-state index contributed by atoms with van der Waals surface area (Å²) >= 11 is 0. The largest absolute Gasteiger partial charge is 0.480 e. The van der Waals surface area contributed by atoms with E-state index in [1.807, 2.05) is 10.7 Å². The molecule has 0 heterocycles. The first-order valence-corrected chi connectivity index (χ1v) is 8.28. The highest BCUT2D eigenvalue weighted by Gasteiger charge is 2.27. The van der Waals surface area contributed by atoms with E-state index in [-0.39, 0.29) is 6.42 Å². The number of unbranched alkanes of at least 4 members (excludes halogenated alkanes) is 1. The molecule has 0 aliphatic carbocycles. The fraction of sp³-hybridized carbons (Fsp3) is 0.714. The van der Waals surface area contributed by atoms with Crippen molar-refractivity contribution in [2.75, 3.05) is 13.2 Å². The molecular weight excluding hydrogens is 364 g/mol. The van der Waals surface area contributed by atoms with Crippen molar-refractivity contribution >= 4 is 23.8 Å². The topological polar surface area (TPSA) is 229 Å². The second-order valence-corrected chi connectivity index (χ2v) is 5.78. The number of carbonyl (C=O) groups excluding carboxylic acids is 3. The fourth-order valence-electron chi connectivity index (χ4n) is 1.88. The Kier molecular flexibility index (Phi) is 11.6. The number of amides is 4. The van der Waals surface area contributed by atoms with Gasteiger partial charge in [-0.05, 0) is 32.7 Å². The molecule has 4 atom stereocenters. The van der Waals surface area contributed by atoms with Crippen molar-refractivity contribution in [3.8, 4) is 0 Å². The van der Waals surface area contributed by atoms with Crippen LogP contribution in [-0.2, 0) is 14.4 Å². The van der Waals surface area contributed by atoms with Crippen molar-refractivity contribution < 1.29 is 34.5 Å². The van der Waals surface area contributed by atoms with Crippen molar-refractivity contribution in [2.24, 2.45) is 11.5 Å². The highest BCUT2D eigenvalue weighted by atomic mass is 16.4. The van der Waals surface area contributed by atoms with Gasteiger partial charge in [0.15, 0.2) is 6.04 Å². The summed E-state index contributed by atoms with van der Waals surface area (Å²) in [5, 5.41) is 31.4. The minimum Gasteiger partial charge on any atom is -0.480 e. The number of carboxylic acids is 1. The molecule has 0 radical (unpaired) electrons. The summed E-state index contributed by atoms with van der Waals surface area (Å²) in [4.78, 5) is 46.6. The minimum absolute atomic E-state index is 0.158. The Labute approximate surface area is 155 Å². The first kappa shape index (κ1) is 24.5. The van der Waals surface area contributed by atoms with Crippen LogP contribution in [0.1, 0.15) is 26.2 Å². The maximum Gasteiger partial charge on any atom is 0.328 e. The average molecular weight is 392 g/mol. The van der Waals surface area contributed by atoms with Gasteiger partial charge in [-0.15, -0.1) is 0 Å². The Morgan fingerprint density at radius 1 is 1.04 bits per heavy atom. The molecule has 0 saturated carbocycles. The monoisotopic (exact) mass is 392 g/mol. The van der Waals surface area contributed by atoms with Crippen molar-refractivity contribution in [1.82, 2.24) is 21.5 Å². The molecule has 0 rings (SSSR count). The lowest BCUT2D eigenvalue weighted by Crippen LogP contribution is -2.58. The predicted molar refractivity (Wildman–Crippen MR) is 92.8 cm³/mol. The van der Waals surface area contributed by atoms with Crippen molar-refractivity contribution in [3.05, 3.63) is 0 Å². The van der Waals surface area contributed by atoms with Crippen LogP contribution in [0.4, 0.5) is 4.79 Å². The summed E-state index contributed by atoms with van der Waals surface area (Å²) in [6, 6.07) is -4.92. The van der Waals surface area contributed by atoms with Crippen LogP contribution in [0, 0.1) is 0 Å². The Balaban J connectivity index is 4.86. The Hall–Kier alpha value is -2.48. The molecule has 0 aromatic rings. The Morgan fingerprint density at radius 3 is 2.11 bits per heavy atom. The van der Waals surface area contributed by atoms with Crippen molar-refractivity contribution in [1.29, 1.82) is 0 Å². The number of carbonyl (C=O) groups is 4. The number of carboxylic acid groups (broad SMARTS) is 1. The van der Waals surface area contributed by atoms with Gasteiger partial charge in [0.1, 0.15) is 12.1 Å². The first-order valence-electron chi connectivity index (χ1n) is 8.28. The molecule has 13 heteroatoms. The van der Waals surface area contributed by atoms with Gasteiger partial charge in [-0.1, -0.05) is 0 Å². The van der Waals surface area contributed by atoms with Gasteiger partial charge in [0, 0.05) is 0 Å². The lowest BCUT2D eigenvalue weighted by Gasteiger charge is -2.22. The van der Waals surface area contributed by atoms with Crippen LogP contribution in [0.3, 0.4) is 0 Å². The number of nitrogens with two attached hydrogens (primary N) is 2. The van der Waals surface area contributed by atoms with E-state index >= 15 is 0 Å². The summed E-state index contributed by atoms with van der Waals surface area (Å²) in [6.45, 7) is 0.925. The molecule has 4 unspecified atom stereocenters. The lowest BCUT2D eigenvalue weighted by atomic mass is 10.1. The number of nitrogens with one attached hydrogen (secondary N) is 4. The summed E-state index contributed by atoms with van der Waals surface area (Å²) in [7, 11) is 0. The maximum absolute atomic E-state index is 12.2. The maximum atomic E-state index is 12.2. The molecule has 0 saturated heterocycles. The van der Waals surface area contributed by atoms with E-state index in [2.05, 4.69) is 10.7 Å². The standard InChI is InChI=1S/C14H28N6O7/c1-7(22)10(13(25)26)18-14(27)17-9(4-2-3-5-15)12(24)20-19-11(23)8(16)6-21/h7-10,21-22H,2-6,15-16H2,1H3,(H,19,23)(H,20,24)(H,25,26)(H2,17,18,27). The molecule has 0 fully saturated rings. The number of rotatable bonds is 11. The Bertz CT molecular complexity index is 516. The molecule has 13 nitrogen and oxygen atoms in total. The molecule has 27 heavy (non-hydrogen) atoms. The normalized spacial score (nSPS) is 15.0. The number of aliphatic hydroxyl groups is 2. The van der Waals surface area contributed by atoms with E-state index in [0.29, 0.717) is 19.4 Å². The van der Waals surface area contributed by atoms with Crippen LogP contribution < -0.4 is 33.0 Å². The highest BCUT2D eigenvalue weighted by Crippen LogP contribution is 2.01. The van der Waals surface area contributed by atoms with Gasteiger partial charge in [0.25, 0.3) is 11.8 Å². The van der Waals surface area contributed by atoms with Gasteiger partial charge in [-0.2, -0.15) is 0 Å². The van der Waals surface area contributed by atoms with Gasteiger partial charge in [0.05, 0.1) is 12.7 Å². The zero-order chi connectivity index (χ0) is 21.0. The zero-order valence-electron chi connectivity index (χ0n) is 15.0. The summed E-state index contributed by atoms with van der Waals surface area (Å²) < 4.78 is 0. The van der Waals surface area contributed by atoms with E-state index in [1.54, 1.807) is 0 Å². The minimum atomic E-state index is -1.57. The molecule has 0 aromatic heterocycles. The van der Waals surface area contributed by atoms with E-state index in [9.17, 15) is 24.3 Å². The van der Waals surface area contributed by atoms with Gasteiger partial charge < -0.3 is 37.4 Å². The first-order chi connectivity index (χ1) is 12.6. The number of hydrogen-bond donors (Lipinski definition) is 9. The van der Waals surface area contributed by atoms with E-state index < -0.39 is 54.7 Å². The smallest absolute Gasteiger partial charge is 0.328 e. The van der Waals surface area contributed by atoms with E-state index in [4.69, 9.17) is 21.7 Å². The molecule has 4 amide bonds. The third-order valence-corrected chi connectivity index (χ3v) is 3.45. The van der Waals surface area contributed by atoms with E-state index in [1.165, 1.54) is 6.92 Å². The third kappa shape index (κ3) is 9.69.